The lowest BCUT2D eigenvalue weighted by atomic mass is 9.97. The normalized spacial score (nSPS) is 19.5. The highest BCUT2D eigenvalue weighted by molar-refractivity contribution is 5.96. The number of likely N-dealkylation sites (N-methyl/N-ethyl adjacent to an activating group) is 1. The Balaban J connectivity index is 0.00000247. The van der Waals surface area contributed by atoms with Crippen LogP contribution >= 0.6 is 0 Å². The predicted molar refractivity (Wildman–Crippen MR) is 256 cm³/mol. The van der Waals surface area contributed by atoms with Crippen molar-refractivity contribution in [1.82, 2.24) is 36.4 Å². The number of ether oxygens (including phenoxy) is 1. The van der Waals surface area contributed by atoms with Gasteiger partial charge >= 0.3 is 5.97 Å². The molecule has 1 saturated carbocycles. The van der Waals surface area contributed by atoms with Gasteiger partial charge in [-0.2, -0.15) is 0 Å². The molecule has 2 aliphatic rings. The first kappa shape index (κ1) is 58.1. The molecule has 8 N–H and O–H groups in total. The molecule has 0 saturated heterocycles. The fourth-order valence-corrected chi connectivity index (χ4v) is 7.48. The third kappa shape index (κ3) is 17.3. The van der Waals surface area contributed by atoms with E-state index in [-0.39, 0.29) is 48.3 Å². The molecule has 1 fully saturated rings. The van der Waals surface area contributed by atoms with E-state index < -0.39 is 95.6 Å². The van der Waals surface area contributed by atoms with Crippen molar-refractivity contribution in [3.05, 3.63) is 42.1 Å². The fourth-order valence-electron chi connectivity index (χ4n) is 7.48. The molecular formula is C49H78N8O11. The van der Waals surface area contributed by atoms with Crippen LogP contribution in [0.2, 0.25) is 0 Å². The number of benzene rings is 1. The number of fused-ring (bicyclic) bond motifs is 1. The minimum atomic E-state index is -1.57. The molecule has 380 valence electrons. The van der Waals surface area contributed by atoms with Gasteiger partial charge in [-0.15, -0.1) is 0 Å². The van der Waals surface area contributed by atoms with E-state index in [1.54, 1.807) is 50.9 Å². The van der Waals surface area contributed by atoms with Gasteiger partial charge in [0, 0.05) is 38.0 Å². The molecule has 68 heavy (non-hydrogen) atoms. The zero-order valence-electron chi connectivity index (χ0n) is 42.1. The highest BCUT2D eigenvalue weighted by Gasteiger charge is 2.61. The van der Waals surface area contributed by atoms with Crippen molar-refractivity contribution in [2.24, 2.45) is 35.3 Å². The first-order valence-electron chi connectivity index (χ1n) is 23.8. The highest BCUT2D eigenvalue weighted by atomic mass is 16.5. The van der Waals surface area contributed by atoms with Crippen LogP contribution in [0, 0.1) is 29.6 Å². The van der Waals surface area contributed by atoms with Crippen LogP contribution in [0.4, 0.5) is 0 Å². The number of amides is 8. The summed E-state index contributed by atoms with van der Waals surface area (Å²) in [6.07, 6.45) is 6.03. The Hall–Kier alpha value is -6.01. The number of nitrogens with two attached hydrogens (primary N) is 1. The van der Waals surface area contributed by atoms with E-state index in [0.717, 1.165) is 17.7 Å². The van der Waals surface area contributed by atoms with Crippen LogP contribution in [0.15, 0.2) is 36.5 Å². The van der Waals surface area contributed by atoms with Gasteiger partial charge in [-0.05, 0) is 74.6 Å². The van der Waals surface area contributed by atoms with Gasteiger partial charge in [-0.3, -0.25) is 38.4 Å². The van der Waals surface area contributed by atoms with E-state index in [1.165, 1.54) is 26.1 Å². The number of aromatic hydroxyl groups is 1. The summed E-state index contributed by atoms with van der Waals surface area (Å²) in [5.74, 6) is -5.58. The zero-order chi connectivity index (χ0) is 51.6. The third-order valence-electron chi connectivity index (χ3n) is 12.6. The molecule has 0 bridgehead atoms. The Bertz CT molecular complexity index is 1940. The second-order valence-corrected chi connectivity index (χ2v) is 19.0. The minimum absolute atomic E-state index is 0.0256. The Labute approximate surface area is 401 Å². The second kappa shape index (κ2) is 27.1. The van der Waals surface area contributed by atoms with Crippen LogP contribution in [-0.4, -0.2) is 124 Å². The maximum absolute atomic E-state index is 14.2. The number of hydrogen-bond donors (Lipinski definition) is 7. The molecule has 1 heterocycles. The smallest absolute Gasteiger partial charge is 0.329 e. The van der Waals surface area contributed by atoms with Crippen LogP contribution < -0.4 is 32.3 Å². The number of primary amides is 1. The molecule has 8 unspecified atom stereocenters. The number of esters is 1. The molecular weight excluding hydrogens is 877 g/mol. The van der Waals surface area contributed by atoms with Gasteiger partial charge in [0.15, 0.2) is 0 Å². The maximum Gasteiger partial charge on any atom is 0.329 e. The summed E-state index contributed by atoms with van der Waals surface area (Å²) >= 11 is 0. The summed E-state index contributed by atoms with van der Waals surface area (Å²) < 4.78 is 5.84. The van der Waals surface area contributed by atoms with Crippen molar-refractivity contribution in [3.63, 3.8) is 0 Å². The van der Waals surface area contributed by atoms with Gasteiger partial charge in [0.1, 0.15) is 36.0 Å². The fraction of sp³-hybridized carbons (Fsp3) is 0.653. The lowest BCUT2D eigenvalue weighted by Crippen LogP contribution is -2.60. The summed E-state index contributed by atoms with van der Waals surface area (Å²) in [5, 5.41) is 23.2. The standard InChI is InChI=1S/C45H69N7O10.C4H9NO/c1-12-27(7)29(9)52-19-18-45(22-33(45)43(52)60)50-40(57)34(20-25(3)4)47-42(59)38(48-36(55)23-46-39(56)26(5)6)30(10)62-44(61)37(28(8)13-2)49-41(58)35(51(11)24-53)21-31-14-16-32(54)17-15-31;1-2-3-4(5)6/h14-19,24-30,33-35,37-38,54H,12-13,20-23H2,1-11H3,(H,46,56)(H,47,59)(H,48,55)(H,49,58)(H,50,57);2-3H2,1H3,(H2,5,6)/t27?,28?,29?,30?,33?,34?,35?,37-,38-,45?;/m0./s1. The Morgan fingerprint density at radius 3 is 2.00 bits per heavy atom. The van der Waals surface area contributed by atoms with E-state index in [9.17, 15) is 48.3 Å². The molecule has 1 aliphatic heterocycles. The van der Waals surface area contributed by atoms with Crippen molar-refractivity contribution >= 4 is 53.7 Å². The third-order valence-corrected chi connectivity index (χ3v) is 12.6. The van der Waals surface area contributed by atoms with E-state index in [4.69, 9.17) is 10.5 Å². The first-order chi connectivity index (χ1) is 31.9. The molecule has 8 amide bonds. The second-order valence-electron chi connectivity index (χ2n) is 19.0. The molecule has 0 radical (unpaired) electrons. The van der Waals surface area contributed by atoms with Crippen LogP contribution in [0.5, 0.6) is 5.75 Å². The quantitative estimate of drug-likeness (QED) is 0.0524. The lowest BCUT2D eigenvalue weighted by molar-refractivity contribution is -0.157. The van der Waals surface area contributed by atoms with Crippen LogP contribution in [0.3, 0.4) is 0 Å². The van der Waals surface area contributed by atoms with Gasteiger partial charge in [0.2, 0.25) is 47.8 Å². The topological polar surface area (TPSA) is 276 Å². The SMILES string of the molecule is CCC(C)C(C)N1C=CC2(NC(=O)C(CC(C)C)NC(=O)[C@@H](NC(=O)CNC(=O)C(C)C)C(C)OC(=O)[C@@H](NC(=O)C(Cc3ccc(O)cc3)N(C)C=O)C(C)CC)CC2C1=O.CCCC(N)=O. The van der Waals surface area contributed by atoms with Gasteiger partial charge in [0.25, 0.3) is 0 Å². The van der Waals surface area contributed by atoms with Crippen molar-refractivity contribution < 1.29 is 53.0 Å². The number of hydrogen-bond acceptors (Lipinski definition) is 11. The van der Waals surface area contributed by atoms with Gasteiger partial charge in [-0.25, -0.2) is 4.79 Å². The number of phenols is 1. The average Bonchev–Trinajstić information content (AvgIpc) is 4.02. The molecule has 10 atom stereocenters. The molecule has 0 aromatic heterocycles. The minimum Gasteiger partial charge on any atom is -0.508 e. The largest absolute Gasteiger partial charge is 0.508 e. The average molecular weight is 955 g/mol. The first-order valence-corrected chi connectivity index (χ1v) is 23.8. The number of nitrogens with zero attached hydrogens (tertiary/aromatic N) is 2. The molecule has 19 nitrogen and oxygen atoms in total. The van der Waals surface area contributed by atoms with E-state index >= 15 is 0 Å². The van der Waals surface area contributed by atoms with Gasteiger partial charge in [-0.1, -0.05) is 87.3 Å². The molecule has 19 heteroatoms. The van der Waals surface area contributed by atoms with Crippen LogP contribution in [0.1, 0.15) is 120 Å². The van der Waals surface area contributed by atoms with Crippen molar-refractivity contribution in [3.8, 4) is 5.75 Å². The van der Waals surface area contributed by atoms with Gasteiger partial charge < -0.3 is 52.0 Å². The Morgan fingerprint density at radius 2 is 1.49 bits per heavy atom. The molecule has 1 aliphatic carbocycles. The van der Waals surface area contributed by atoms with E-state index in [2.05, 4.69) is 40.4 Å². The summed E-state index contributed by atoms with van der Waals surface area (Å²) in [6, 6.07) is 1.12. The van der Waals surface area contributed by atoms with Crippen molar-refractivity contribution in [2.45, 2.75) is 163 Å². The van der Waals surface area contributed by atoms with Gasteiger partial charge in [0.05, 0.1) is 18.0 Å². The maximum atomic E-state index is 14.2. The summed E-state index contributed by atoms with van der Waals surface area (Å²) in [5.41, 5.74) is 4.51. The number of carbonyl (C=O) groups excluding carboxylic acids is 9. The number of nitrogens with one attached hydrogen (secondary N) is 5. The predicted octanol–water partition coefficient (Wildman–Crippen LogP) is 2.58. The Morgan fingerprint density at radius 1 is 0.868 bits per heavy atom. The van der Waals surface area contributed by atoms with Crippen molar-refractivity contribution in [2.75, 3.05) is 13.6 Å². The number of carbonyl (C=O) groups is 9. The van der Waals surface area contributed by atoms with Crippen LogP contribution in [0.25, 0.3) is 0 Å². The lowest BCUT2D eigenvalue weighted by Gasteiger charge is -2.34. The Kier molecular flexibility index (Phi) is 23.2. The molecule has 1 aromatic carbocycles. The zero-order valence-corrected chi connectivity index (χ0v) is 42.1. The monoisotopic (exact) mass is 955 g/mol. The molecule has 0 spiro atoms. The highest BCUT2D eigenvalue weighted by Crippen LogP contribution is 2.49. The molecule has 1 aromatic rings. The number of rotatable bonds is 26. The van der Waals surface area contributed by atoms with Crippen molar-refractivity contribution in [1.29, 1.82) is 0 Å². The summed E-state index contributed by atoms with van der Waals surface area (Å²) in [6.45, 7) is 19.5. The molecule has 3 rings (SSSR count). The van der Waals surface area contributed by atoms with E-state index in [0.29, 0.717) is 31.2 Å². The van der Waals surface area contributed by atoms with E-state index in [1.807, 2.05) is 33.8 Å². The summed E-state index contributed by atoms with van der Waals surface area (Å²) in [4.78, 5) is 120. The summed E-state index contributed by atoms with van der Waals surface area (Å²) in [7, 11) is 1.43. The number of phenolic OH excluding ortho intramolecular Hbond substituents is 1. The van der Waals surface area contributed by atoms with Crippen LogP contribution in [-0.2, 0) is 54.3 Å².